The molecule has 2 aromatic carbocycles. The normalized spacial score (nSPS) is 13.9. The quantitative estimate of drug-likeness (QED) is 0.0958. The first kappa shape index (κ1) is 50.4. The van der Waals surface area contributed by atoms with Gasteiger partial charge in [-0.05, 0) is 0 Å². The van der Waals surface area contributed by atoms with Gasteiger partial charge in [0.1, 0.15) is 0 Å². The van der Waals surface area contributed by atoms with E-state index in [9.17, 15) is 9.59 Å². The van der Waals surface area contributed by atoms with E-state index in [1.54, 1.807) is 53.7 Å². The third kappa shape index (κ3) is 11.3. The second-order valence-electron chi connectivity index (χ2n) is 19.1. The molecule has 2 amide bonds. The Hall–Kier alpha value is -2.79. The number of unbranched alkanes of at least 4 members (excludes halogenated alkanes) is 2. The summed E-state index contributed by atoms with van der Waals surface area (Å²) in [7, 11) is -5.62. The molecule has 57 heavy (non-hydrogen) atoms. The zero-order valence-corrected chi connectivity index (χ0v) is 41.3. The molecule has 0 unspecified atom stereocenters. The first-order valence-electron chi connectivity index (χ1n) is 20.5. The maximum atomic E-state index is 18.5. The van der Waals surface area contributed by atoms with Gasteiger partial charge in [-0.15, -0.1) is 0 Å². The molecule has 0 radical (unpaired) electrons. The van der Waals surface area contributed by atoms with Crippen molar-refractivity contribution in [1.29, 1.82) is 0 Å². The average molecular weight is 863 g/mol. The first-order chi connectivity index (χ1) is 26.2. The topological polar surface area (TPSA) is 40.6 Å². The van der Waals surface area contributed by atoms with E-state index in [2.05, 4.69) is 0 Å². The second-order valence-corrected chi connectivity index (χ2v) is 36.3. The molecule has 0 aliphatic carbocycles. The molecule has 2 aromatic rings. The van der Waals surface area contributed by atoms with Gasteiger partial charge in [-0.3, -0.25) is 0 Å². The molecular weight excluding hydrogens is 793 g/mol. The Labute approximate surface area is 348 Å². The van der Waals surface area contributed by atoms with Crippen LogP contribution < -0.4 is 17.5 Å². The van der Waals surface area contributed by atoms with E-state index in [4.69, 9.17) is 0 Å². The summed E-state index contributed by atoms with van der Waals surface area (Å²) in [4.78, 5) is 31.1. The third-order valence-corrected chi connectivity index (χ3v) is 30.6. The summed E-state index contributed by atoms with van der Waals surface area (Å²) in [5.41, 5.74) is -2.04. The monoisotopic (exact) mass is 862 g/mol. The van der Waals surface area contributed by atoms with Crippen LogP contribution >= 0.6 is 0 Å². The van der Waals surface area contributed by atoms with Crippen molar-refractivity contribution in [3.8, 4) is 0 Å². The zero-order chi connectivity index (χ0) is 43.9. The van der Waals surface area contributed by atoms with Gasteiger partial charge >= 0.3 is 350 Å². The number of rotatable bonds is 16. The molecule has 0 N–H and O–H groups in total. The van der Waals surface area contributed by atoms with Gasteiger partial charge in [-0.1, -0.05) is 0 Å². The molecule has 0 aromatic heterocycles. The van der Waals surface area contributed by atoms with Crippen LogP contribution in [0.1, 0.15) is 94.9 Å². The Morgan fingerprint density at radius 2 is 0.930 bits per heavy atom. The van der Waals surface area contributed by atoms with Crippen molar-refractivity contribution in [2.24, 2.45) is 10.8 Å². The fourth-order valence-corrected chi connectivity index (χ4v) is 31.4. The van der Waals surface area contributed by atoms with E-state index >= 15 is 17.6 Å². The van der Waals surface area contributed by atoms with Crippen molar-refractivity contribution in [2.75, 3.05) is 22.9 Å². The Bertz CT molecular complexity index is 1740. The van der Waals surface area contributed by atoms with Crippen LogP contribution in [-0.4, -0.2) is 41.1 Å². The number of nitrogens with zero attached hydrogens (tertiary/aromatic N) is 2. The van der Waals surface area contributed by atoms with Crippen LogP contribution in [0.25, 0.3) is 0 Å². The fraction of sp³-hybridized carbons (Fsp3) is 0.522. The molecule has 0 bridgehead atoms. The van der Waals surface area contributed by atoms with Crippen molar-refractivity contribution in [2.45, 2.75) is 134 Å². The van der Waals surface area contributed by atoms with Crippen LogP contribution in [0.15, 0.2) is 67.7 Å². The van der Waals surface area contributed by atoms with Crippen LogP contribution in [0.4, 0.5) is 28.9 Å². The summed E-state index contributed by atoms with van der Waals surface area (Å²) < 4.78 is 72.8. The van der Waals surface area contributed by atoms with Gasteiger partial charge in [0.15, 0.2) is 0 Å². The van der Waals surface area contributed by atoms with E-state index in [0.717, 1.165) is 0 Å². The summed E-state index contributed by atoms with van der Waals surface area (Å²) >= 11 is -5.63. The van der Waals surface area contributed by atoms with Crippen molar-refractivity contribution < 1.29 is 43.7 Å². The van der Waals surface area contributed by atoms with Gasteiger partial charge in [-0.2, -0.15) is 0 Å². The fourth-order valence-electron chi connectivity index (χ4n) is 7.36. The Kier molecular flexibility index (Phi) is 17.6. The van der Waals surface area contributed by atoms with Crippen molar-refractivity contribution in [3.63, 3.8) is 0 Å². The number of carbonyl (C=O) groups excluding carboxylic acids is 2. The van der Waals surface area contributed by atoms with Gasteiger partial charge in [-0.25, -0.2) is 0 Å². The van der Waals surface area contributed by atoms with Crippen LogP contribution in [0.3, 0.4) is 0 Å². The van der Waals surface area contributed by atoms with Crippen molar-refractivity contribution in [1.82, 2.24) is 0 Å². The number of hydrogen-bond donors (Lipinski definition) is 0. The number of halogens is 4. The minimum absolute atomic E-state index is 0.110. The van der Waals surface area contributed by atoms with E-state index < -0.39 is 66.8 Å². The summed E-state index contributed by atoms with van der Waals surface area (Å²) in [5.74, 6) is -4.47. The number of allylic oxidation sites excluding steroid dienone is 6. The second kappa shape index (κ2) is 20.0. The Morgan fingerprint density at radius 3 is 1.18 bits per heavy atom. The molecule has 0 spiro atoms. The first-order valence-corrected chi connectivity index (χ1v) is 30.6. The molecular formula is C46H70F4N2O2Si2Ti. The Morgan fingerprint density at radius 1 is 0.614 bits per heavy atom. The SMILES string of the molecule is C/C=C/C=[C](\[Si](C)(C)C)[Ti](/[C](=C/C=C/C)[Si](C)(C)C)([c]1c(F)ccc(N(CCCC)C(=O)C(C)(C)C)c1F)[c]1c(F)ccc(N(CCCC)C(=O)C(C)(C)C)c1F. The standard InChI is InChI=1S/2C15H20F2NO.2C8H15Si.Ti/c2*1-5-6-9-18(14(19)15(2,3)4)13-8-7-11(16)10-12(13)17;2*1-5-6-7-8-9(2,3)4;/h2*7-8H,5-6,9H2,1-4H3;2*5-7H,1-4H3;/b;;2*6-5+,8-7?;. The number of anilines is 2. The molecule has 0 heterocycles. The predicted molar refractivity (Wildman–Crippen MR) is 238 cm³/mol. The number of hydrogen-bond acceptors (Lipinski definition) is 2. The van der Waals surface area contributed by atoms with Gasteiger partial charge in [0.2, 0.25) is 0 Å². The van der Waals surface area contributed by atoms with Crippen LogP contribution in [-0.2, 0) is 26.2 Å². The summed E-state index contributed by atoms with van der Waals surface area (Å²) in [5, 5.41) is 0. The van der Waals surface area contributed by atoms with E-state index in [-0.39, 0.29) is 44.0 Å². The van der Waals surface area contributed by atoms with Gasteiger partial charge in [0.05, 0.1) is 0 Å². The minimum atomic E-state index is -5.63. The van der Waals surface area contributed by atoms with Gasteiger partial charge in [0, 0.05) is 0 Å². The molecule has 0 saturated heterocycles. The maximum absolute atomic E-state index is 18.5. The molecule has 0 aliphatic heterocycles. The van der Waals surface area contributed by atoms with Crippen molar-refractivity contribution >= 4 is 47.1 Å². The summed E-state index contributed by atoms with van der Waals surface area (Å²) in [6, 6.07) is 4.94. The van der Waals surface area contributed by atoms with E-state index in [0.29, 0.717) is 32.7 Å². The van der Waals surface area contributed by atoms with Crippen LogP contribution in [0, 0.1) is 34.1 Å². The molecule has 4 nitrogen and oxygen atoms in total. The predicted octanol–water partition coefficient (Wildman–Crippen LogP) is 12.4. The third-order valence-electron chi connectivity index (χ3n) is 10.1. The number of carbonyl (C=O) groups is 2. The van der Waals surface area contributed by atoms with Crippen LogP contribution in [0.5, 0.6) is 0 Å². The molecule has 0 fully saturated rings. The number of benzene rings is 2. The van der Waals surface area contributed by atoms with E-state index in [1.165, 1.54) is 34.1 Å². The average Bonchev–Trinajstić information content (AvgIpc) is 3.08. The summed E-state index contributed by atoms with van der Waals surface area (Å²) in [6.07, 6.45) is 13.5. The van der Waals surface area contributed by atoms with Crippen molar-refractivity contribution in [3.05, 3.63) is 91.0 Å². The molecule has 316 valence electrons. The number of amides is 2. The molecule has 0 aliphatic rings. The van der Waals surface area contributed by atoms with Crippen LogP contribution in [0.2, 0.25) is 39.3 Å². The summed E-state index contributed by atoms with van der Waals surface area (Å²) in [6.45, 7) is 30.8. The zero-order valence-electron chi connectivity index (χ0n) is 37.7. The Balaban J connectivity index is 3.75. The molecule has 0 saturated carbocycles. The molecule has 2 rings (SSSR count). The van der Waals surface area contributed by atoms with E-state index in [1.807, 2.05) is 91.3 Å². The molecule has 11 heteroatoms. The molecule has 0 atom stereocenters. The van der Waals surface area contributed by atoms with Gasteiger partial charge < -0.3 is 0 Å². The van der Waals surface area contributed by atoms with Gasteiger partial charge in [0.25, 0.3) is 0 Å².